The van der Waals surface area contributed by atoms with E-state index in [0.29, 0.717) is 12.5 Å². The molecule has 0 bridgehead atoms. The predicted molar refractivity (Wildman–Crippen MR) is 82.7 cm³/mol. The smallest absolute Gasteiger partial charge is 0.188 e. The van der Waals surface area contributed by atoms with Gasteiger partial charge in [0.1, 0.15) is 5.82 Å². The summed E-state index contributed by atoms with van der Waals surface area (Å²) in [4.78, 5) is 4.22. The van der Waals surface area contributed by atoms with Crippen LogP contribution in [0.15, 0.2) is 59.6 Å². The summed E-state index contributed by atoms with van der Waals surface area (Å²) in [5, 5.41) is 3.20. The predicted octanol–water partition coefficient (Wildman–Crippen LogP) is 2.44. The molecule has 0 fully saturated rings. The molecule has 3 rings (SSSR count). The number of benzene rings is 2. The lowest BCUT2D eigenvalue weighted by atomic mass is 9.86. The van der Waals surface area contributed by atoms with Crippen LogP contribution in [0.5, 0.6) is 0 Å². The van der Waals surface area contributed by atoms with Crippen molar-refractivity contribution in [2.75, 3.05) is 6.54 Å². The van der Waals surface area contributed by atoms with Crippen LogP contribution >= 0.6 is 0 Å². The molecule has 0 aliphatic carbocycles. The van der Waals surface area contributed by atoms with Crippen LogP contribution in [-0.2, 0) is 6.42 Å². The zero-order chi connectivity index (χ0) is 14.7. The molecule has 0 spiro atoms. The Kier molecular flexibility index (Phi) is 3.86. The van der Waals surface area contributed by atoms with Gasteiger partial charge in [-0.05, 0) is 29.7 Å². The topological polar surface area (TPSA) is 50.4 Å². The summed E-state index contributed by atoms with van der Waals surface area (Å²) in [6.45, 7) is 0.625. The summed E-state index contributed by atoms with van der Waals surface area (Å²) >= 11 is 0. The van der Waals surface area contributed by atoms with Crippen molar-refractivity contribution in [3.63, 3.8) is 0 Å². The van der Waals surface area contributed by atoms with Crippen LogP contribution in [-0.4, -0.2) is 18.5 Å². The summed E-state index contributed by atoms with van der Waals surface area (Å²) in [6.07, 6.45) is 0.824. The van der Waals surface area contributed by atoms with Gasteiger partial charge in [0.05, 0.1) is 12.6 Å². The standard InChI is InChI=1S/C17H18FN3/c18-14-8-4-7-13(10-14)15(16-11-20-17(19)21-16)9-12-5-2-1-3-6-12/h1-8,10,15-16H,9,11H2,(H3,19,20,21). The third kappa shape index (κ3) is 3.21. The van der Waals surface area contributed by atoms with E-state index in [1.165, 1.54) is 11.6 Å². The lowest BCUT2D eigenvalue weighted by molar-refractivity contribution is 0.513. The van der Waals surface area contributed by atoms with Crippen molar-refractivity contribution in [1.82, 2.24) is 5.32 Å². The molecule has 2 unspecified atom stereocenters. The number of nitrogens with zero attached hydrogens (tertiary/aromatic N) is 1. The van der Waals surface area contributed by atoms with Gasteiger partial charge in [-0.2, -0.15) is 0 Å². The molecule has 3 N–H and O–H groups in total. The van der Waals surface area contributed by atoms with Gasteiger partial charge in [-0.25, -0.2) is 4.39 Å². The van der Waals surface area contributed by atoms with Crippen LogP contribution < -0.4 is 11.1 Å². The molecule has 0 aromatic heterocycles. The van der Waals surface area contributed by atoms with Crippen LogP contribution in [0.4, 0.5) is 4.39 Å². The first-order valence-corrected chi connectivity index (χ1v) is 7.08. The number of aliphatic imine (C=N–C) groups is 1. The monoisotopic (exact) mass is 283 g/mol. The average molecular weight is 283 g/mol. The molecular formula is C17H18FN3. The van der Waals surface area contributed by atoms with Crippen molar-refractivity contribution in [2.45, 2.75) is 18.4 Å². The van der Waals surface area contributed by atoms with Crippen molar-refractivity contribution >= 4 is 5.96 Å². The highest BCUT2D eigenvalue weighted by molar-refractivity contribution is 5.80. The van der Waals surface area contributed by atoms with E-state index >= 15 is 0 Å². The van der Waals surface area contributed by atoms with Gasteiger partial charge in [0, 0.05) is 5.92 Å². The molecule has 108 valence electrons. The summed E-state index contributed by atoms with van der Waals surface area (Å²) < 4.78 is 13.6. The molecule has 0 amide bonds. The highest BCUT2D eigenvalue weighted by Gasteiger charge is 2.27. The van der Waals surface area contributed by atoms with Crippen LogP contribution in [0.3, 0.4) is 0 Å². The molecule has 3 nitrogen and oxygen atoms in total. The second-order valence-electron chi connectivity index (χ2n) is 5.33. The SMILES string of the molecule is NC1=NCC(C(Cc2ccccc2)c2cccc(F)c2)N1. The first kappa shape index (κ1) is 13.6. The van der Waals surface area contributed by atoms with Crippen LogP contribution in [0.2, 0.25) is 0 Å². The van der Waals surface area contributed by atoms with Gasteiger partial charge in [0.25, 0.3) is 0 Å². The summed E-state index contributed by atoms with van der Waals surface area (Å²) in [6, 6.07) is 17.1. The molecule has 2 aromatic rings. The second-order valence-corrected chi connectivity index (χ2v) is 5.33. The number of hydrogen-bond acceptors (Lipinski definition) is 3. The molecule has 0 saturated heterocycles. The Morgan fingerprint density at radius 2 is 2.00 bits per heavy atom. The average Bonchev–Trinajstić information content (AvgIpc) is 2.92. The molecule has 0 radical (unpaired) electrons. The van der Waals surface area contributed by atoms with Gasteiger partial charge in [0.15, 0.2) is 5.96 Å². The van der Waals surface area contributed by atoms with E-state index < -0.39 is 0 Å². The maximum Gasteiger partial charge on any atom is 0.188 e. The van der Waals surface area contributed by atoms with Crippen molar-refractivity contribution in [1.29, 1.82) is 0 Å². The summed E-state index contributed by atoms with van der Waals surface area (Å²) in [5.41, 5.74) is 7.92. The molecule has 21 heavy (non-hydrogen) atoms. The van der Waals surface area contributed by atoms with Crippen LogP contribution in [0, 0.1) is 5.82 Å². The molecule has 1 aliphatic heterocycles. The fourth-order valence-corrected chi connectivity index (χ4v) is 2.80. The Bertz CT molecular complexity index is 639. The van der Waals surface area contributed by atoms with Gasteiger partial charge in [-0.3, -0.25) is 4.99 Å². The van der Waals surface area contributed by atoms with Crippen molar-refractivity contribution in [3.05, 3.63) is 71.5 Å². The molecular weight excluding hydrogens is 265 g/mol. The second kappa shape index (κ2) is 5.95. The largest absolute Gasteiger partial charge is 0.370 e. The number of rotatable bonds is 4. The Hall–Kier alpha value is -2.36. The maximum absolute atomic E-state index is 13.6. The van der Waals surface area contributed by atoms with E-state index in [1.807, 2.05) is 24.3 Å². The highest BCUT2D eigenvalue weighted by atomic mass is 19.1. The van der Waals surface area contributed by atoms with Gasteiger partial charge in [-0.1, -0.05) is 42.5 Å². The first-order valence-electron chi connectivity index (χ1n) is 7.08. The molecule has 4 heteroatoms. The summed E-state index contributed by atoms with van der Waals surface area (Å²) in [5.74, 6) is 0.389. The minimum absolute atomic E-state index is 0.104. The summed E-state index contributed by atoms with van der Waals surface area (Å²) in [7, 11) is 0. The third-order valence-corrected chi connectivity index (χ3v) is 3.85. The minimum atomic E-state index is -0.211. The molecule has 1 aliphatic rings. The number of halogens is 1. The quantitative estimate of drug-likeness (QED) is 0.905. The number of nitrogens with one attached hydrogen (secondary N) is 1. The van der Waals surface area contributed by atoms with Crippen LogP contribution in [0.1, 0.15) is 17.0 Å². The van der Waals surface area contributed by atoms with E-state index in [-0.39, 0.29) is 17.8 Å². The molecule has 0 saturated carbocycles. The number of guanidine groups is 1. The fourth-order valence-electron chi connectivity index (χ4n) is 2.80. The Labute approximate surface area is 123 Å². The zero-order valence-electron chi connectivity index (χ0n) is 11.7. The maximum atomic E-state index is 13.6. The highest BCUT2D eigenvalue weighted by Crippen LogP contribution is 2.26. The molecule has 2 atom stereocenters. The lowest BCUT2D eigenvalue weighted by Gasteiger charge is -2.24. The van der Waals surface area contributed by atoms with Gasteiger partial charge >= 0.3 is 0 Å². The van der Waals surface area contributed by atoms with Crippen molar-refractivity contribution in [3.8, 4) is 0 Å². The van der Waals surface area contributed by atoms with Gasteiger partial charge in [-0.15, -0.1) is 0 Å². The van der Waals surface area contributed by atoms with E-state index in [4.69, 9.17) is 5.73 Å². The van der Waals surface area contributed by atoms with E-state index in [0.717, 1.165) is 12.0 Å². The van der Waals surface area contributed by atoms with Gasteiger partial charge in [0.2, 0.25) is 0 Å². The Balaban J connectivity index is 1.88. The normalized spacial score (nSPS) is 18.9. The Morgan fingerprint density at radius 3 is 2.67 bits per heavy atom. The van der Waals surface area contributed by atoms with E-state index in [9.17, 15) is 4.39 Å². The molecule has 1 heterocycles. The van der Waals surface area contributed by atoms with E-state index in [1.54, 1.807) is 12.1 Å². The fraction of sp³-hybridized carbons (Fsp3) is 0.235. The lowest BCUT2D eigenvalue weighted by Crippen LogP contribution is -2.39. The Morgan fingerprint density at radius 1 is 1.19 bits per heavy atom. The third-order valence-electron chi connectivity index (χ3n) is 3.85. The minimum Gasteiger partial charge on any atom is -0.370 e. The number of hydrogen-bond donors (Lipinski definition) is 2. The van der Waals surface area contributed by atoms with Crippen molar-refractivity contribution < 1.29 is 4.39 Å². The first-order chi connectivity index (χ1) is 10.2. The van der Waals surface area contributed by atoms with Crippen molar-refractivity contribution in [2.24, 2.45) is 10.7 Å². The number of nitrogens with two attached hydrogens (primary N) is 1. The van der Waals surface area contributed by atoms with Crippen LogP contribution in [0.25, 0.3) is 0 Å². The molecule has 2 aromatic carbocycles. The van der Waals surface area contributed by atoms with Gasteiger partial charge < -0.3 is 11.1 Å². The zero-order valence-corrected chi connectivity index (χ0v) is 11.7. The van der Waals surface area contributed by atoms with E-state index in [2.05, 4.69) is 22.4 Å².